The summed E-state index contributed by atoms with van der Waals surface area (Å²) in [5.41, 5.74) is 0. The molecule has 92 valence electrons. The quantitative estimate of drug-likeness (QED) is 0.741. The molecule has 1 fully saturated rings. The maximum absolute atomic E-state index is 11.7. The smallest absolute Gasteiger partial charge is 0.237 e. The zero-order valence-electron chi connectivity index (χ0n) is 9.58. The van der Waals surface area contributed by atoms with Crippen LogP contribution in [0.15, 0.2) is 12.2 Å². The van der Waals surface area contributed by atoms with Crippen molar-refractivity contribution in [2.75, 3.05) is 13.1 Å². The fourth-order valence-corrected chi connectivity index (χ4v) is 2.32. The maximum Gasteiger partial charge on any atom is 0.237 e. The van der Waals surface area contributed by atoms with Gasteiger partial charge < -0.3 is 10.6 Å². The third-order valence-corrected chi connectivity index (χ3v) is 3.32. The van der Waals surface area contributed by atoms with Crippen molar-refractivity contribution in [2.45, 2.75) is 38.1 Å². The van der Waals surface area contributed by atoms with Crippen LogP contribution in [0.4, 0.5) is 0 Å². The number of carbonyl (C=O) groups is 1. The van der Waals surface area contributed by atoms with Gasteiger partial charge in [0.15, 0.2) is 0 Å². The number of carbonyl (C=O) groups excluding carboxylic acids is 1. The summed E-state index contributed by atoms with van der Waals surface area (Å²) in [5, 5.41) is 6.28. The van der Waals surface area contributed by atoms with Crippen LogP contribution in [0.5, 0.6) is 0 Å². The summed E-state index contributed by atoms with van der Waals surface area (Å²) in [4.78, 5) is 11.7. The first-order chi connectivity index (χ1) is 7.36. The van der Waals surface area contributed by atoms with E-state index in [4.69, 9.17) is 0 Å². The van der Waals surface area contributed by atoms with E-state index >= 15 is 0 Å². The minimum absolute atomic E-state index is 0. The van der Waals surface area contributed by atoms with Crippen molar-refractivity contribution < 1.29 is 4.79 Å². The summed E-state index contributed by atoms with van der Waals surface area (Å²) >= 11 is 0. The van der Waals surface area contributed by atoms with Gasteiger partial charge in [0, 0.05) is 6.54 Å². The number of rotatable bonds is 3. The van der Waals surface area contributed by atoms with Gasteiger partial charge in [-0.25, -0.2) is 0 Å². The van der Waals surface area contributed by atoms with Crippen molar-refractivity contribution in [2.24, 2.45) is 5.92 Å². The van der Waals surface area contributed by atoms with Gasteiger partial charge in [-0.3, -0.25) is 4.79 Å². The van der Waals surface area contributed by atoms with Crippen LogP contribution in [0, 0.1) is 5.92 Å². The third kappa shape index (κ3) is 3.80. The molecule has 2 atom stereocenters. The zero-order valence-corrected chi connectivity index (χ0v) is 10.4. The SMILES string of the molecule is Cl.O=C(NCC1CC=CCC1)C1CCCN1. The Labute approximate surface area is 103 Å². The van der Waals surface area contributed by atoms with Gasteiger partial charge >= 0.3 is 0 Å². The molecule has 0 aromatic heterocycles. The van der Waals surface area contributed by atoms with E-state index in [0.717, 1.165) is 32.4 Å². The van der Waals surface area contributed by atoms with Gasteiger partial charge in [0.2, 0.25) is 5.91 Å². The van der Waals surface area contributed by atoms with E-state index in [1.54, 1.807) is 0 Å². The monoisotopic (exact) mass is 244 g/mol. The summed E-state index contributed by atoms with van der Waals surface area (Å²) in [6, 6.07) is 0.0733. The molecule has 0 spiro atoms. The van der Waals surface area contributed by atoms with Crippen LogP contribution in [0.3, 0.4) is 0 Å². The molecule has 4 heteroatoms. The number of hydrogen-bond acceptors (Lipinski definition) is 2. The minimum atomic E-state index is 0. The molecular formula is C12H21ClN2O. The second-order valence-electron chi connectivity index (χ2n) is 4.54. The van der Waals surface area contributed by atoms with Crippen molar-refractivity contribution in [3.05, 3.63) is 12.2 Å². The molecule has 2 unspecified atom stereocenters. The largest absolute Gasteiger partial charge is 0.354 e. The summed E-state index contributed by atoms with van der Waals surface area (Å²) in [5.74, 6) is 0.849. The molecule has 16 heavy (non-hydrogen) atoms. The minimum Gasteiger partial charge on any atom is -0.354 e. The Balaban J connectivity index is 0.00000128. The predicted molar refractivity (Wildman–Crippen MR) is 67.8 cm³/mol. The fraction of sp³-hybridized carbons (Fsp3) is 0.750. The lowest BCUT2D eigenvalue weighted by molar-refractivity contribution is -0.122. The van der Waals surface area contributed by atoms with Crippen LogP contribution in [0.2, 0.25) is 0 Å². The number of hydrogen-bond donors (Lipinski definition) is 2. The van der Waals surface area contributed by atoms with Gasteiger partial charge in [-0.05, 0) is 44.6 Å². The molecule has 1 aliphatic heterocycles. The van der Waals surface area contributed by atoms with Gasteiger partial charge in [0.25, 0.3) is 0 Å². The number of amides is 1. The van der Waals surface area contributed by atoms with Crippen LogP contribution in [-0.4, -0.2) is 25.0 Å². The highest BCUT2D eigenvalue weighted by molar-refractivity contribution is 5.85. The fourth-order valence-electron chi connectivity index (χ4n) is 2.32. The topological polar surface area (TPSA) is 41.1 Å². The Hall–Kier alpha value is -0.540. The molecule has 0 aromatic carbocycles. The lowest BCUT2D eigenvalue weighted by Crippen LogP contribution is -2.42. The van der Waals surface area contributed by atoms with Gasteiger partial charge in [-0.15, -0.1) is 12.4 Å². The average molecular weight is 245 g/mol. The van der Waals surface area contributed by atoms with E-state index in [9.17, 15) is 4.79 Å². The van der Waals surface area contributed by atoms with Crippen LogP contribution in [-0.2, 0) is 4.79 Å². The normalized spacial score (nSPS) is 28.5. The van der Waals surface area contributed by atoms with Crippen LogP contribution < -0.4 is 10.6 Å². The standard InChI is InChI=1S/C12H20N2O.ClH/c15-12(11-7-4-8-13-11)14-9-10-5-2-1-3-6-10;/h1-2,10-11,13H,3-9H2,(H,14,15);1H. The van der Waals surface area contributed by atoms with Crippen LogP contribution in [0.1, 0.15) is 32.1 Å². The molecule has 0 aromatic rings. The zero-order chi connectivity index (χ0) is 10.5. The predicted octanol–water partition coefficient (Wildman–Crippen LogP) is 1.63. The first kappa shape index (κ1) is 13.5. The molecule has 2 rings (SSSR count). The van der Waals surface area contributed by atoms with E-state index in [2.05, 4.69) is 22.8 Å². The molecule has 2 N–H and O–H groups in total. The maximum atomic E-state index is 11.7. The summed E-state index contributed by atoms with van der Waals surface area (Å²) in [6.07, 6.45) is 10.1. The second-order valence-corrected chi connectivity index (χ2v) is 4.54. The first-order valence-electron chi connectivity index (χ1n) is 6.02. The van der Waals surface area contributed by atoms with Gasteiger partial charge in [0.1, 0.15) is 0 Å². The van der Waals surface area contributed by atoms with Gasteiger partial charge in [0.05, 0.1) is 6.04 Å². The average Bonchev–Trinajstić information content (AvgIpc) is 2.81. The summed E-state index contributed by atoms with van der Waals surface area (Å²) < 4.78 is 0. The van der Waals surface area contributed by atoms with Gasteiger partial charge in [-0.1, -0.05) is 12.2 Å². The highest BCUT2D eigenvalue weighted by atomic mass is 35.5. The van der Waals surface area contributed by atoms with Crippen LogP contribution >= 0.6 is 12.4 Å². The third-order valence-electron chi connectivity index (χ3n) is 3.32. The van der Waals surface area contributed by atoms with E-state index in [1.807, 2.05) is 0 Å². The molecule has 0 radical (unpaired) electrons. The molecule has 0 saturated carbocycles. The number of allylic oxidation sites excluding steroid dienone is 2. The van der Waals surface area contributed by atoms with E-state index < -0.39 is 0 Å². The highest BCUT2D eigenvalue weighted by Gasteiger charge is 2.22. The van der Waals surface area contributed by atoms with E-state index in [-0.39, 0.29) is 24.4 Å². The Morgan fingerprint density at radius 1 is 1.38 bits per heavy atom. The Morgan fingerprint density at radius 3 is 2.88 bits per heavy atom. The van der Waals surface area contributed by atoms with E-state index in [0.29, 0.717) is 5.92 Å². The Bertz CT molecular complexity index is 249. The molecule has 1 heterocycles. The molecular weight excluding hydrogens is 224 g/mol. The summed E-state index contributed by atoms with van der Waals surface area (Å²) in [6.45, 7) is 1.84. The van der Waals surface area contributed by atoms with Gasteiger partial charge in [-0.2, -0.15) is 0 Å². The van der Waals surface area contributed by atoms with Crippen molar-refractivity contribution >= 4 is 18.3 Å². The first-order valence-corrected chi connectivity index (χ1v) is 6.02. The second kappa shape index (κ2) is 6.92. The summed E-state index contributed by atoms with van der Waals surface area (Å²) in [7, 11) is 0. The van der Waals surface area contributed by atoms with Crippen molar-refractivity contribution in [1.29, 1.82) is 0 Å². The van der Waals surface area contributed by atoms with Crippen LogP contribution in [0.25, 0.3) is 0 Å². The van der Waals surface area contributed by atoms with E-state index in [1.165, 1.54) is 12.8 Å². The Kier molecular flexibility index (Phi) is 5.85. The molecule has 1 amide bonds. The van der Waals surface area contributed by atoms with Crippen molar-refractivity contribution in [3.63, 3.8) is 0 Å². The molecule has 1 aliphatic carbocycles. The molecule has 1 saturated heterocycles. The number of nitrogens with one attached hydrogen (secondary N) is 2. The molecule has 2 aliphatic rings. The Morgan fingerprint density at radius 2 is 2.25 bits per heavy atom. The lowest BCUT2D eigenvalue weighted by atomic mass is 9.94. The highest BCUT2D eigenvalue weighted by Crippen LogP contribution is 2.17. The van der Waals surface area contributed by atoms with Crippen molar-refractivity contribution in [1.82, 2.24) is 10.6 Å². The lowest BCUT2D eigenvalue weighted by Gasteiger charge is -2.19. The molecule has 3 nitrogen and oxygen atoms in total. The number of halogens is 1. The molecule has 0 bridgehead atoms. The van der Waals surface area contributed by atoms with Crippen molar-refractivity contribution in [3.8, 4) is 0 Å².